The van der Waals surface area contributed by atoms with E-state index in [9.17, 15) is 0 Å². The summed E-state index contributed by atoms with van der Waals surface area (Å²) in [4.78, 5) is 2.87. The van der Waals surface area contributed by atoms with Gasteiger partial charge in [0, 0.05) is 0 Å². The van der Waals surface area contributed by atoms with E-state index in [1.165, 1.54) is 32.1 Å². The summed E-state index contributed by atoms with van der Waals surface area (Å²) in [5.74, 6) is 0.888. The van der Waals surface area contributed by atoms with Crippen LogP contribution in [0.4, 0.5) is 0 Å². The standard InChI is InChI=1S/C9H18BrN/c1-11(2)9(10)8-6-4-3-5-7-8/h8-9H,3-7H2,1-2H3. The van der Waals surface area contributed by atoms with Gasteiger partial charge in [0.05, 0.1) is 4.95 Å². The van der Waals surface area contributed by atoms with E-state index in [4.69, 9.17) is 0 Å². The third kappa shape index (κ3) is 2.75. The molecule has 2 heteroatoms. The average Bonchev–Trinajstić information content (AvgIpc) is 2.05. The van der Waals surface area contributed by atoms with Crippen LogP contribution in [0.1, 0.15) is 32.1 Å². The molecule has 0 aromatic carbocycles. The maximum Gasteiger partial charge on any atom is 0.0679 e. The van der Waals surface area contributed by atoms with Crippen LogP contribution < -0.4 is 0 Å². The van der Waals surface area contributed by atoms with Crippen molar-refractivity contribution in [2.24, 2.45) is 5.92 Å². The molecule has 0 spiro atoms. The lowest BCUT2D eigenvalue weighted by molar-refractivity contribution is 0.243. The molecular formula is C9H18BrN. The van der Waals surface area contributed by atoms with Crippen molar-refractivity contribution in [2.75, 3.05) is 14.1 Å². The molecule has 1 aliphatic carbocycles. The summed E-state index contributed by atoms with van der Waals surface area (Å²) < 4.78 is 0. The van der Waals surface area contributed by atoms with Gasteiger partial charge in [0.15, 0.2) is 0 Å². The van der Waals surface area contributed by atoms with Gasteiger partial charge < -0.3 is 0 Å². The SMILES string of the molecule is CN(C)C(Br)C1CCCCC1. The van der Waals surface area contributed by atoms with Gasteiger partial charge in [0.1, 0.15) is 0 Å². The summed E-state index contributed by atoms with van der Waals surface area (Å²) in [6.45, 7) is 0. The van der Waals surface area contributed by atoms with Gasteiger partial charge in [-0.1, -0.05) is 35.2 Å². The third-order valence-electron chi connectivity index (χ3n) is 2.53. The quantitative estimate of drug-likeness (QED) is 0.511. The smallest absolute Gasteiger partial charge is 0.0679 e. The Hall–Kier alpha value is 0.440. The minimum atomic E-state index is 0.600. The van der Waals surface area contributed by atoms with Crippen LogP contribution in [0, 0.1) is 5.92 Å². The molecule has 1 nitrogen and oxygen atoms in total. The zero-order chi connectivity index (χ0) is 8.27. The Kier molecular flexibility index (Phi) is 3.86. The first-order valence-corrected chi connectivity index (χ1v) is 5.44. The fourth-order valence-electron chi connectivity index (χ4n) is 1.83. The van der Waals surface area contributed by atoms with Gasteiger partial charge in [0.25, 0.3) is 0 Å². The van der Waals surface area contributed by atoms with Crippen LogP contribution in [0.2, 0.25) is 0 Å². The van der Waals surface area contributed by atoms with Crippen LogP contribution in [0.15, 0.2) is 0 Å². The monoisotopic (exact) mass is 219 g/mol. The van der Waals surface area contributed by atoms with Crippen molar-refractivity contribution in [3.63, 3.8) is 0 Å². The average molecular weight is 220 g/mol. The fourth-order valence-corrected chi connectivity index (χ4v) is 2.36. The highest BCUT2D eigenvalue weighted by atomic mass is 79.9. The van der Waals surface area contributed by atoms with Crippen molar-refractivity contribution in [2.45, 2.75) is 37.1 Å². The number of rotatable bonds is 2. The third-order valence-corrected chi connectivity index (χ3v) is 4.10. The summed E-state index contributed by atoms with van der Waals surface area (Å²) in [5, 5.41) is 0. The van der Waals surface area contributed by atoms with Crippen molar-refractivity contribution in [3.05, 3.63) is 0 Å². The zero-order valence-electron chi connectivity index (χ0n) is 7.52. The molecular weight excluding hydrogens is 202 g/mol. The van der Waals surface area contributed by atoms with E-state index in [-0.39, 0.29) is 0 Å². The maximum absolute atomic E-state index is 3.73. The second-order valence-corrected chi connectivity index (χ2v) is 4.67. The summed E-state index contributed by atoms with van der Waals surface area (Å²) in [6.07, 6.45) is 7.13. The largest absolute Gasteiger partial charge is 0.297 e. The van der Waals surface area contributed by atoms with E-state index in [0.717, 1.165) is 5.92 Å². The van der Waals surface area contributed by atoms with E-state index >= 15 is 0 Å². The molecule has 11 heavy (non-hydrogen) atoms. The van der Waals surface area contributed by atoms with E-state index in [1.807, 2.05) is 0 Å². The lowest BCUT2D eigenvalue weighted by Crippen LogP contribution is -2.31. The zero-order valence-corrected chi connectivity index (χ0v) is 9.10. The molecule has 0 N–H and O–H groups in total. The van der Waals surface area contributed by atoms with Crippen molar-refractivity contribution < 1.29 is 0 Å². The lowest BCUT2D eigenvalue weighted by Gasteiger charge is -2.30. The van der Waals surface area contributed by atoms with E-state index in [1.54, 1.807) is 0 Å². The number of halogens is 1. The van der Waals surface area contributed by atoms with Crippen molar-refractivity contribution in [3.8, 4) is 0 Å². The molecule has 1 saturated carbocycles. The number of hydrogen-bond acceptors (Lipinski definition) is 1. The van der Waals surface area contributed by atoms with E-state index in [2.05, 4.69) is 34.9 Å². The summed E-state index contributed by atoms with van der Waals surface area (Å²) >= 11 is 3.73. The first kappa shape index (κ1) is 9.53. The number of alkyl halides is 1. The van der Waals surface area contributed by atoms with Crippen LogP contribution in [0.5, 0.6) is 0 Å². The molecule has 66 valence electrons. The second kappa shape index (κ2) is 4.46. The lowest BCUT2D eigenvalue weighted by atomic mass is 9.89. The number of nitrogens with zero attached hydrogens (tertiary/aromatic N) is 1. The molecule has 0 aliphatic heterocycles. The first-order valence-electron chi connectivity index (χ1n) is 4.52. The Morgan fingerprint density at radius 3 is 2.18 bits per heavy atom. The van der Waals surface area contributed by atoms with E-state index in [0.29, 0.717) is 4.95 Å². The first-order chi connectivity index (χ1) is 5.22. The van der Waals surface area contributed by atoms with Crippen molar-refractivity contribution in [1.82, 2.24) is 4.90 Å². The Bertz CT molecular complexity index is 108. The van der Waals surface area contributed by atoms with Crippen LogP contribution in [-0.2, 0) is 0 Å². The van der Waals surface area contributed by atoms with Gasteiger partial charge >= 0.3 is 0 Å². The summed E-state index contributed by atoms with van der Waals surface area (Å²) in [7, 11) is 4.29. The maximum atomic E-state index is 3.73. The highest BCUT2D eigenvalue weighted by molar-refractivity contribution is 9.09. The van der Waals surface area contributed by atoms with Gasteiger partial charge in [-0.2, -0.15) is 0 Å². The topological polar surface area (TPSA) is 3.24 Å². The van der Waals surface area contributed by atoms with Gasteiger partial charge in [-0.05, 0) is 32.9 Å². The summed E-state index contributed by atoms with van der Waals surface area (Å²) in [6, 6.07) is 0. The van der Waals surface area contributed by atoms with Crippen molar-refractivity contribution >= 4 is 15.9 Å². The van der Waals surface area contributed by atoms with Gasteiger partial charge in [-0.3, -0.25) is 4.90 Å². The normalized spacial score (nSPS) is 24.0. The molecule has 1 atom stereocenters. The molecule has 0 saturated heterocycles. The molecule has 1 aliphatic rings. The predicted molar refractivity (Wildman–Crippen MR) is 53.0 cm³/mol. The second-order valence-electron chi connectivity index (χ2n) is 3.73. The molecule has 0 heterocycles. The molecule has 1 unspecified atom stereocenters. The minimum absolute atomic E-state index is 0.600. The number of hydrogen-bond donors (Lipinski definition) is 0. The van der Waals surface area contributed by atoms with Crippen LogP contribution in [0.3, 0.4) is 0 Å². The molecule has 0 aromatic heterocycles. The van der Waals surface area contributed by atoms with E-state index < -0.39 is 0 Å². The molecule has 0 aromatic rings. The van der Waals surface area contributed by atoms with Crippen molar-refractivity contribution in [1.29, 1.82) is 0 Å². The van der Waals surface area contributed by atoms with Crippen LogP contribution in [-0.4, -0.2) is 23.9 Å². The minimum Gasteiger partial charge on any atom is -0.297 e. The highest BCUT2D eigenvalue weighted by Gasteiger charge is 2.22. The Morgan fingerprint density at radius 1 is 1.18 bits per heavy atom. The Morgan fingerprint density at radius 2 is 1.73 bits per heavy atom. The highest BCUT2D eigenvalue weighted by Crippen LogP contribution is 2.30. The van der Waals surface area contributed by atoms with Crippen LogP contribution >= 0.6 is 15.9 Å². The predicted octanol–water partition coefficient (Wildman–Crippen LogP) is 2.85. The Balaban J connectivity index is 2.32. The van der Waals surface area contributed by atoms with Gasteiger partial charge in [0.2, 0.25) is 0 Å². The molecule has 1 fully saturated rings. The Labute approximate surface area is 78.3 Å². The van der Waals surface area contributed by atoms with Gasteiger partial charge in [-0.25, -0.2) is 0 Å². The molecule has 0 amide bonds. The van der Waals surface area contributed by atoms with Crippen LogP contribution in [0.25, 0.3) is 0 Å². The van der Waals surface area contributed by atoms with Gasteiger partial charge in [-0.15, -0.1) is 0 Å². The summed E-state index contributed by atoms with van der Waals surface area (Å²) in [5.41, 5.74) is 0. The molecule has 0 bridgehead atoms. The fraction of sp³-hybridized carbons (Fsp3) is 1.00. The molecule has 0 radical (unpaired) electrons. The molecule has 1 rings (SSSR count).